The molecule has 0 spiro atoms. The summed E-state index contributed by atoms with van der Waals surface area (Å²) >= 11 is 0. The van der Waals surface area contributed by atoms with Crippen molar-refractivity contribution in [2.45, 2.75) is 13.3 Å². The predicted octanol–water partition coefficient (Wildman–Crippen LogP) is 1.09. The van der Waals surface area contributed by atoms with E-state index in [1.54, 1.807) is 13.1 Å². The molecule has 1 rings (SSSR count). The molecular weight excluding hydrogens is 192 g/mol. The van der Waals surface area contributed by atoms with Crippen molar-refractivity contribution in [3.8, 4) is 5.75 Å². The van der Waals surface area contributed by atoms with Crippen LogP contribution in [0.1, 0.15) is 12.0 Å². The number of rotatable bonds is 4. The zero-order valence-electron chi connectivity index (χ0n) is 9.04. The first kappa shape index (κ1) is 11.4. The summed E-state index contributed by atoms with van der Waals surface area (Å²) in [7, 11) is 1.60. The van der Waals surface area contributed by atoms with Crippen LogP contribution in [0.25, 0.3) is 0 Å². The molecule has 0 atom stereocenters. The van der Waals surface area contributed by atoms with Gasteiger partial charge in [0.1, 0.15) is 5.75 Å². The third-order valence-electron chi connectivity index (χ3n) is 2.03. The average Bonchev–Trinajstić information content (AvgIpc) is 2.23. The molecular formula is C11H16N2O2. The summed E-state index contributed by atoms with van der Waals surface area (Å²) in [6.07, 6.45) is 0.337. The fraction of sp³-hybridized carbons (Fsp3) is 0.364. The summed E-state index contributed by atoms with van der Waals surface area (Å²) in [6.45, 7) is 2.30. The number of hydrogen-bond donors (Lipinski definition) is 2. The van der Waals surface area contributed by atoms with Crippen LogP contribution in [0.3, 0.4) is 0 Å². The zero-order valence-corrected chi connectivity index (χ0v) is 9.04. The number of carbonyl (C=O) groups is 1. The number of carbonyl (C=O) groups excluding carboxylic acids is 1. The Morgan fingerprint density at radius 2 is 2.27 bits per heavy atom. The van der Waals surface area contributed by atoms with Crippen LogP contribution in [0.4, 0.5) is 5.69 Å². The van der Waals surface area contributed by atoms with E-state index in [4.69, 9.17) is 10.5 Å². The fourth-order valence-corrected chi connectivity index (χ4v) is 1.15. The first-order chi connectivity index (χ1) is 7.13. The first-order valence-electron chi connectivity index (χ1n) is 4.83. The van der Waals surface area contributed by atoms with E-state index in [-0.39, 0.29) is 5.91 Å². The van der Waals surface area contributed by atoms with E-state index in [9.17, 15) is 4.79 Å². The minimum atomic E-state index is -0.0405. The van der Waals surface area contributed by atoms with Gasteiger partial charge < -0.3 is 15.8 Å². The molecule has 0 fully saturated rings. The monoisotopic (exact) mass is 208 g/mol. The second-order valence-corrected chi connectivity index (χ2v) is 3.31. The lowest BCUT2D eigenvalue weighted by Gasteiger charge is -2.08. The highest BCUT2D eigenvalue weighted by molar-refractivity contribution is 5.75. The van der Waals surface area contributed by atoms with Gasteiger partial charge in [0.15, 0.2) is 0 Å². The molecule has 0 heterocycles. The third kappa shape index (κ3) is 3.50. The number of nitrogens with two attached hydrogens (primary N) is 1. The van der Waals surface area contributed by atoms with Gasteiger partial charge in [0, 0.05) is 7.05 Å². The average molecular weight is 208 g/mol. The molecule has 3 N–H and O–H groups in total. The quantitative estimate of drug-likeness (QED) is 0.728. The summed E-state index contributed by atoms with van der Waals surface area (Å²) in [4.78, 5) is 10.9. The maximum atomic E-state index is 10.9. The molecule has 0 aliphatic rings. The third-order valence-corrected chi connectivity index (χ3v) is 2.03. The van der Waals surface area contributed by atoms with Gasteiger partial charge >= 0.3 is 0 Å². The summed E-state index contributed by atoms with van der Waals surface area (Å²) in [5.74, 6) is 0.597. The molecule has 82 valence electrons. The first-order valence-corrected chi connectivity index (χ1v) is 4.83. The van der Waals surface area contributed by atoms with E-state index in [2.05, 4.69) is 5.32 Å². The number of nitrogens with one attached hydrogen (secondary N) is 1. The van der Waals surface area contributed by atoms with Crippen molar-refractivity contribution in [1.82, 2.24) is 5.32 Å². The molecule has 4 nitrogen and oxygen atoms in total. The number of ether oxygens (including phenoxy) is 1. The van der Waals surface area contributed by atoms with Crippen molar-refractivity contribution in [3.05, 3.63) is 23.8 Å². The van der Waals surface area contributed by atoms with E-state index in [1.807, 2.05) is 19.1 Å². The Morgan fingerprint density at radius 3 is 2.93 bits per heavy atom. The van der Waals surface area contributed by atoms with Gasteiger partial charge in [-0.25, -0.2) is 0 Å². The van der Waals surface area contributed by atoms with E-state index in [0.717, 1.165) is 5.56 Å². The van der Waals surface area contributed by atoms with Gasteiger partial charge in [-0.3, -0.25) is 4.79 Å². The van der Waals surface area contributed by atoms with Crippen LogP contribution in [0.5, 0.6) is 5.75 Å². The standard InChI is InChI=1S/C11H16N2O2/c1-8-3-4-9(12)10(7-8)15-6-5-11(14)13-2/h3-4,7H,5-6,12H2,1-2H3,(H,13,14). The number of amides is 1. The Hall–Kier alpha value is -1.71. The normalized spacial score (nSPS) is 9.73. The van der Waals surface area contributed by atoms with Crippen LogP contribution in [0.2, 0.25) is 0 Å². The number of hydrogen-bond acceptors (Lipinski definition) is 3. The lowest BCUT2D eigenvalue weighted by atomic mass is 10.2. The summed E-state index contributed by atoms with van der Waals surface area (Å²) in [5, 5.41) is 2.53. The van der Waals surface area contributed by atoms with Gasteiger partial charge in [0.05, 0.1) is 18.7 Å². The number of aryl methyl sites for hydroxylation is 1. The molecule has 0 saturated carbocycles. The topological polar surface area (TPSA) is 64.3 Å². The second kappa shape index (κ2) is 5.24. The van der Waals surface area contributed by atoms with E-state index in [0.29, 0.717) is 24.5 Å². The highest BCUT2D eigenvalue weighted by Crippen LogP contribution is 2.22. The SMILES string of the molecule is CNC(=O)CCOc1cc(C)ccc1N. The number of anilines is 1. The summed E-state index contributed by atoms with van der Waals surface area (Å²) in [5.41, 5.74) is 7.39. The van der Waals surface area contributed by atoms with Gasteiger partial charge in [-0.2, -0.15) is 0 Å². The molecule has 0 radical (unpaired) electrons. The van der Waals surface area contributed by atoms with Gasteiger partial charge in [0.2, 0.25) is 5.91 Å². The maximum absolute atomic E-state index is 10.9. The lowest BCUT2D eigenvalue weighted by Crippen LogP contribution is -2.20. The minimum Gasteiger partial charge on any atom is -0.491 e. The van der Waals surface area contributed by atoms with Gasteiger partial charge in [-0.1, -0.05) is 6.07 Å². The molecule has 1 aromatic rings. The van der Waals surface area contributed by atoms with Gasteiger partial charge in [-0.15, -0.1) is 0 Å². The van der Waals surface area contributed by atoms with Gasteiger partial charge in [-0.05, 0) is 24.6 Å². The van der Waals surface area contributed by atoms with Crippen LogP contribution in [-0.4, -0.2) is 19.6 Å². The smallest absolute Gasteiger partial charge is 0.223 e. The van der Waals surface area contributed by atoms with Crippen molar-refractivity contribution in [2.24, 2.45) is 0 Å². The predicted molar refractivity (Wildman–Crippen MR) is 59.8 cm³/mol. The summed E-state index contributed by atoms with van der Waals surface area (Å²) in [6, 6.07) is 5.57. The Balaban J connectivity index is 2.50. The van der Waals surface area contributed by atoms with Crippen molar-refractivity contribution in [1.29, 1.82) is 0 Å². The molecule has 1 amide bonds. The van der Waals surface area contributed by atoms with E-state index < -0.39 is 0 Å². The molecule has 0 aliphatic heterocycles. The molecule has 0 unspecified atom stereocenters. The van der Waals surface area contributed by atoms with Crippen molar-refractivity contribution in [3.63, 3.8) is 0 Å². The molecule has 1 aromatic carbocycles. The number of benzene rings is 1. The molecule has 0 aliphatic carbocycles. The Bertz CT molecular complexity index is 350. The largest absolute Gasteiger partial charge is 0.491 e. The molecule has 0 aromatic heterocycles. The Labute approximate surface area is 89.4 Å². The second-order valence-electron chi connectivity index (χ2n) is 3.31. The van der Waals surface area contributed by atoms with Crippen LogP contribution in [0, 0.1) is 6.92 Å². The summed E-state index contributed by atoms with van der Waals surface area (Å²) < 4.78 is 5.40. The van der Waals surface area contributed by atoms with Crippen molar-refractivity contribution in [2.75, 3.05) is 19.4 Å². The Morgan fingerprint density at radius 1 is 1.53 bits per heavy atom. The van der Waals surface area contributed by atoms with E-state index in [1.165, 1.54) is 0 Å². The highest BCUT2D eigenvalue weighted by Gasteiger charge is 2.02. The van der Waals surface area contributed by atoms with Crippen LogP contribution in [0.15, 0.2) is 18.2 Å². The zero-order chi connectivity index (χ0) is 11.3. The molecule has 0 bridgehead atoms. The maximum Gasteiger partial charge on any atom is 0.223 e. The van der Waals surface area contributed by atoms with E-state index >= 15 is 0 Å². The number of nitrogen functional groups attached to an aromatic ring is 1. The fourth-order valence-electron chi connectivity index (χ4n) is 1.15. The van der Waals surface area contributed by atoms with Crippen LogP contribution < -0.4 is 15.8 Å². The van der Waals surface area contributed by atoms with Gasteiger partial charge in [0.25, 0.3) is 0 Å². The molecule has 0 saturated heterocycles. The van der Waals surface area contributed by atoms with Crippen molar-refractivity contribution < 1.29 is 9.53 Å². The van der Waals surface area contributed by atoms with Crippen LogP contribution in [-0.2, 0) is 4.79 Å². The molecule has 4 heteroatoms. The highest BCUT2D eigenvalue weighted by atomic mass is 16.5. The minimum absolute atomic E-state index is 0.0405. The van der Waals surface area contributed by atoms with Crippen molar-refractivity contribution >= 4 is 11.6 Å². The van der Waals surface area contributed by atoms with Crippen LogP contribution >= 0.6 is 0 Å². The lowest BCUT2D eigenvalue weighted by molar-refractivity contribution is -0.121. The molecule has 15 heavy (non-hydrogen) atoms. The Kier molecular flexibility index (Phi) is 3.97.